The number of carbonyl (C=O) groups is 1. The van der Waals surface area contributed by atoms with Gasteiger partial charge in [-0.1, -0.05) is 0 Å². The molecule has 1 aliphatic rings. The number of nitrogens with one attached hydrogen (secondary N) is 1. The summed E-state index contributed by atoms with van der Waals surface area (Å²) in [6.45, 7) is 3.86. The van der Waals surface area contributed by atoms with Gasteiger partial charge in [0.1, 0.15) is 0 Å². The van der Waals surface area contributed by atoms with Gasteiger partial charge in [-0.2, -0.15) is 0 Å². The van der Waals surface area contributed by atoms with Crippen LogP contribution in [0.3, 0.4) is 0 Å². The van der Waals surface area contributed by atoms with Crippen molar-refractivity contribution in [3.63, 3.8) is 0 Å². The number of phenols is 1. The SMILES string of the molecule is CCOC(=O)C1=C(C)NC([Se])=NC1c1cccc(O)c1. The number of carbonyl (C=O) groups excluding carboxylic acids is 1. The Morgan fingerprint density at radius 2 is 2.30 bits per heavy atom. The van der Waals surface area contributed by atoms with Crippen molar-refractivity contribution in [1.82, 2.24) is 5.32 Å². The van der Waals surface area contributed by atoms with Crippen LogP contribution in [0.25, 0.3) is 0 Å². The first-order valence-electron chi connectivity index (χ1n) is 6.21. The molecular weight excluding hydrogens is 323 g/mol. The minimum atomic E-state index is -0.487. The van der Waals surface area contributed by atoms with Gasteiger partial charge in [0.2, 0.25) is 0 Å². The monoisotopic (exact) mass is 339 g/mol. The molecule has 0 aromatic heterocycles. The van der Waals surface area contributed by atoms with E-state index in [4.69, 9.17) is 4.74 Å². The first-order chi connectivity index (χ1) is 9.52. The molecule has 105 valence electrons. The molecule has 1 aliphatic heterocycles. The van der Waals surface area contributed by atoms with Crippen molar-refractivity contribution in [2.45, 2.75) is 19.9 Å². The van der Waals surface area contributed by atoms with Gasteiger partial charge in [0.15, 0.2) is 0 Å². The van der Waals surface area contributed by atoms with Gasteiger partial charge < -0.3 is 0 Å². The van der Waals surface area contributed by atoms with Crippen LogP contribution in [0.1, 0.15) is 25.5 Å². The van der Waals surface area contributed by atoms with Crippen LogP contribution in [0.4, 0.5) is 0 Å². The second kappa shape index (κ2) is 6.11. The van der Waals surface area contributed by atoms with E-state index in [0.717, 1.165) is 5.56 Å². The summed E-state index contributed by atoms with van der Waals surface area (Å²) in [5.41, 5.74) is 1.89. The standard InChI is InChI=1S/C14H15N2O3Se/c1-3-19-13(18)11-8(2)15-14(20)16-12(11)9-5-4-6-10(17)7-9/h4-7,12,17H,3H2,1-2H3,(H,15,16). The molecule has 6 heteroatoms. The molecule has 1 aromatic rings. The third kappa shape index (κ3) is 3.03. The fourth-order valence-electron chi connectivity index (χ4n) is 2.06. The maximum atomic E-state index is 12.1. The van der Waals surface area contributed by atoms with Crippen molar-refractivity contribution < 1.29 is 14.6 Å². The summed E-state index contributed by atoms with van der Waals surface area (Å²) >= 11 is 2.81. The molecule has 0 amide bonds. The van der Waals surface area contributed by atoms with Gasteiger partial charge in [0.05, 0.1) is 0 Å². The minimum absolute atomic E-state index is 0.138. The Bertz CT molecular complexity index is 596. The quantitative estimate of drug-likeness (QED) is 0.646. The molecule has 0 aliphatic carbocycles. The predicted molar refractivity (Wildman–Crippen MR) is 76.5 cm³/mol. The number of allylic oxidation sites excluding steroid dienone is 1. The number of aliphatic imine (C=N–C) groups is 1. The number of hydrogen-bond acceptors (Lipinski definition) is 5. The Kier molecular flexibility index (Phi) is 4.47. The fourth-order valence-corrected chi connectivity index (χ4v) is 2.60. The van der Waals surface area contributed by atoms with Crippen LogP contribution in [0.5, 0.6) is 5.75 Å². The molecule has 0 bridgehead atoms. The number of amidine groups is 1. The topological polar surface area (TPSA) is 70.9 Å². The second-order valence-corrected chi connectivity index (χ2v) is 5.13. The number of hydrogen-bond donors (Lipinski definition) is 2. The Hall–Kier alpha value is -1.78. The van der Waals surface area contributed by atoms with Gasteiger partial charge in [-0.15, -0.1) is 0 Å². The van der Waals surface area contributed by atoms with Crippen molar-refractivity contribution in [3.05, 3.63) is 41.1 Å². The molecule has 1 aromatic carbocycles. The van der Waals surface area contributed by atoms with E-state index in [2.05, 4.69) is 26.3 Å². The van der Waals surface area contributed by atoms with Gasteiger partial charge in [-0.25, -0.2) is 0 Å². The van der Waals surface area contributed by atoms with Gasteiger partial charge in [-0.3, -0.25) is 0 Å². The number of benzene rings is 1. The molecule has 0 fully saturated rings. The van der Waals surface area contributed by atoms with Crippen molar-refractivity contribution in [2.24, 2.45) is 4.99 Å². The third-order valence-corrected chi connectivity index (χ3v) is 3.33. The zero-order chi connectivity index (χ0) is 14.7. The molecule has 0 spiro atoms. The van der Waals surface area contributed by atoms with Crippen molar-refractivity contribution in [3.8, 4) is 5.75 Å². The van der Waals surface area contributed by atoms with E-state index in [0.29, 0.717) is 22.6 Å². The summed E-state index contributed by atoms with van der Waals surface area (Å²) in [5.74, 6) is -0.263. The number of aromatic hydroxyl groups is 1. The molecule has 1 heterocycles. The zero-order valence-corrected chi connectivity index (χ0v) is 12.9. The molecule has 1 atom stereocenters. The summed E-state index contributed by atoms with van der Waals surface area (Å²) < 4.78 is 5.69. The van der Waals surface area contributed by atoms with Crippen LogP contribution >= 0.6 is 0 Å². The van der Waals surface area contributed by atoms with Gasteiger partial charge >= 0.3 is 125 Å². The number of nitrogens with zero attached hydrogens (tertiary/aromatic N) is 1. The first kappa shape index (κ1) is 14.6. The van der Waals surface area contributed by atoms with E-state index in [1.807, 2.05) is 6.07 Å². The number of ether oxygens (including phenoxy) is 1. The molecule has 0 saturated heterocycles. The molecule has 1 radical (unpaired) electrons. The van der Waals surface area contributed by atoms with Crippen LogP contribution in [-0.4, -0.2) is 38.4 Å². The van der Waals surface area contributed by atoms with E-state index in [1.165, 1.54) is 0 Å². The predicted octanol–water partition coefficient (Wildman–Crippen LogP) is 1.40. The molecule has 0 saturated carbocycles. The van der Waals surface area contributed by atoms with E-state index < -0.39 is 12.0 Å². The molecule has 20 heavy (non-hydrogen) atoms. The Morgan fingerprint density at radius 1 is 1.55 bits per heavy atom. The first-order valence-corrected chi connectivity index (χ1v) is 7.07. The van der Waals surface area contributed by atoms with Crippen LogP contribution in [0.15, 0.2) is 40.5 Å². The Morgan fingerprint density at radius 3 is 2.95 bits per heavy atom. The van der Waals surface area contributed by atoms with E-state index in [1.54, 1.807) is 32.0 Å². The van der Waals surface area contributed by atoms with Crippen molar-refractivity contribution in [1.29, 1.82) is 0 Å². The molecule has 2 rings (SSSR count). The Balaban J connectivity index is 2.46. The van der Waals surface area contributed by atoms with Crippen LogP contribution in [0.2, 0.25) is 0 Å². The molecule has 1 unspecified atom stereocenters. The maximum absolute atomic E-state index is 12.1. The fraction of sp³-hybridized carbons (Fsp3) is 0.286. The molecule has 2 N–H and O–H groups in total. The van der Waals surface area contributed by atoms with Crippen LogP contribution in [0, 0.1) is 0 Å². The average Bonchev–Trinajstić information content (AvgIpc) is 2.37. The number of rotatable bonds is 3. The Labute approximate surface area is 125 Å². The second-order valence-electron chi connectivity index (χ2n) is 4.32. The van der Waals surface area contributed by atoms with Crippen molar-refractivity contribution in [2.75, 3.05) is 6.61 Å². The van der Waals surface area contributed by atoms with Gasteiger partial charge in [0.25, 0.3) is 0 Å². The summed E-state index contributed by atoms with van der Waals surface area (Å²) in [5, 5.41) is 12.6. The van der Waals surface area contributed by atoms with E-state index in [9.17, 15) is 9.90 Å². The zero-order valence-electron chi connectivity index (χ0n) is 11.2. The molecule has 5 nitrogen and oxygen atoms in total. The van der Waals surface area contributed by atoms with Gasteiger partial charge in [0, 0.05) is 0 Å². The number of phenolic OH excluding ortho intramolecular Hbond substituents is 1. The van der Waals surface area contributed by atoms with E-state index >= 15 is 0 Å². The van der Waals surface area contributed by atoms with Gasteiger partial charge in [-0.05, 0) is 0 Å². The number of esters is 1. The summed E-state index contributed by atoms with van der Waals surface area (Å²) in [6.07, 6.45) is 0. The molecular formula is C14H15N2O3Se. The summed E-state index contributed by atoms with van der Waals surface area (Å²) in [4.78, 5) is 16.5. The third-order valence-electron chi connectivity index (χ3n) is 2.90. The van der Waals surface area contributed by atoms with Crippen molar-refractivity contribution >= 4 is 26.7 Å². The summed E-state index contributed by atoms with van der Waals surface area (Å²) in [7, 11) is 0. The summed E-state index contributed by atoms with van der Waals surface area (Å²) in [6, 6.07) is 6.23. The van der Waals surface area contributed by atoms with E-state index in [-0.39, 0.29) is 5.75 Å². The van der Waals surface area contributed by atoms with Crippen LogP contribution < -0.4 is 5.32 Å². The van der Waals surface area contributed by atoms with Crippen LogP contribution in [-0.2, 0) is 9.53 Å². The average molecular weight is 338 g/mol. The normalized spacial score (nSPS) is 18.3.